The maximum absolute atomic E-state index is 4.12. The van der Waals surface area contributed by atoms with E-state index in [-0.39, 0.29) is 0 Å². The van der Waals surface area contributed by atoms with Crippen molar-refractivity contribution in [2.75, 3.05) is 0 Å². The normalized spacial score (nSPS) is 11.1. The lowest BCUT2D eigenvalue weighted by atomic mass is 10.2. The molecule has 0 bridgehead atoms. The summed E-state index contributed by atoms with van der Waals surface area (Å²) in [6.07, 6.45) is 8.34. The van der Waals surface area contributed by atoms with Crippen LogP contribution in [0.4, 0.5) is 0 Å². The zero-order valence-electron chi connectivity index (χ0n) is 12.5. The lowest BCUT2D eigenvalue weighted by Crippen LogP contribution is -2.06. The zero-order chi connectivity index (χ0) is 14.7. The Labute approximate surface area is 124 Å². The molecular formula is C15H20N6. The lowest BCUT2D eigenvalue weighted by molar-refractivity contribution is 0.567. The Balaban J connectivity index is 1.92. The Morgan fingerprint density at radius 3 is 2.71 bits per heavy atom. The number of aryl methyl sites for hydroxylation is 2. The molecule has 0 aliphatic carbocycles. The summed E-state index contributed by atoms with van der Waals surface area (Å²) in [6, 6.07) is 6.33. The molecule has 21 heavy (non-hydrogen) atoms. The van der Waals surface area contributed by atoms with Crippen LogP contribution in [0.2, 0.25) is 0 Å². The summed E-state index contributed by atoms with van der Waals surface area (Å²) < 4.78 is 6.08. The van der Waals surface area contributed by atoms with Gasteiger partial charge in [-0.25, -0.2) is 4.68 Å². The minimum atomic E-state index is 0.761. The van der Waals surface area contributed by atoms with Gasteiger partial charge in [0.2, 0.25) is 0 Å². The third kappa shape index (κ3) is 2.61. The molecule has 0 saturated carbocycles. The van der Waals surface area contributed by atoms with Crippen molar-refractivity contribution in [2.24, 2.45) is 0 Å². The van der Waals surface area contributed by atoms with Gasteiger partial charge in [-0.15, -0.1) is 0 Å². The number of nitrogens with zero attached hydrogens (tertiary/aromatic N) is 6. The van der Waals surface area contributed by atoms with Crippen molar-refractivity contribution in [1.29, 1.82) is 0 Å². The van der Waals surface area contributed by atoms with Crippen molar-refractivity contribution < 1.29 is 0 Å². The Kier molecular flexibility index (Phi) is 3.85. The van der Waals surface area contributed by atoms with Crippen LogP contribution in [-0.4, -0.2) is 29.3 Å². The fourth-order valence-corrected chi connectivity index (χ4v) is 2.53. The van der Waals surface area contributed by atoms with E-state index in [4.69, 9.17) is 0 Å². The molecule has 0 N–H and O–H groups in total. The van der Waals surface area contributed by atoms with Gasteiger partial charge >= 0.3 is 0 Å². The molecule has 3 aromatic heterocycles. The van der Waals surface area contributed by atoms with Crippen LogP contribution in [0.15, 0.2) is 36.8 Å². The molecule has 0 spiro atoms. The van der Waals surface area contributed by atoms with Crippen LogP contribution in [0.3, 0.4) is 0 Å². The fourth-order valence-electron chi connectivity index (χ4n) is 2.53. The van der Waals surface area contributed by atoms with Crippen LogP contribution in [0, 0.1) is 0 Å². The molecule has 0 amide bonds. The van der Waals surface area contributed by atoms with E-state index in [1.54, 1.807) is 0 Å². The molecule has 6 nitrogen and oxygen atoms in total. The van der Waals surface area contributed by atoms with Gasteiger partial charge in [-0.3, -0.25) is 4.57 Å². The van der Waals surface area contributed by atoms with Crippen LogP contribution >= 0.6 is 0 Å². The largest absolute Gasteiger partial charge is 0.347 e. The Hall–Kier alpha value is -2.37. The van der Waals surface area contributed by atoms with E-state index >= 15 is 0 Å². The van der Waals surface area contributed by atoms with Crippen LogP contribution in [0.25, 0.3) is 17.2 Å². The highest BCUT2D eigenvalue weighted by Gasteiger charge is 2.10. The number of tetrazole rings is 1. The molecule has 3 heterocycles. The van der Waals surface area contributed by atoms with Crippen molar-refractivity contribution >= 4 is 0 Å². The minimum absolute atomic E-state index is 0.761. The first-order valence-corrected chi connectivity index (χ1v) is 7.43. The van der Waals surface area contributed by atoms with Gasteiger partial charge in [0.25, 0.3) is 5.95 Å². The maximum Gasteiger partial charge on any atom is 0.253 e. The third-order valence-corrected chi connectivity index (χ3v) is 3.46. The van der Waals surface area contributed by atoms with E-state index in [1.807, 2.05) is 15.4 Å². The summed E-state index contributed by atoms with van der Waals surface area (Å²) in [4.78, 5) is 0. The first-order valence-electron chi connectivity index (χ1n) is 7.43. The molecule has 0 saturated heterocycles. The molecule has 0 aromatic carbocycles. The SMILES string of the molecule is CCCn1cccc1-c1ccn(-c2nnnn2CCC)c1. The second-order valence-electron chi connectivity index (χ2n) is 5.10. The van der Waals surface area contributed by atoms with Gasteiger partial charge in [0.15, 0.2) is 0 Å². The van der Waals surface area contributed by atoms with Gasteiger partial charge in [0, 0.05) is 42.9 Å². The molecule has 6 heteroatoms. The second kappa shape index (κ2) is 5.95. The smallest absolute Gasteiger partial charge is 0.253 e. The first-order chi connectivity index (χ1) is 10.3. The van der Waals surface area contributed by atoms with Crippen molar-refractivity contribution in [1.82, 2.24) is 29.3 Å². The van der Waals surface area contributed by atoms with E-state index in [0.29, 0.717) is 0 Å². The number of hydrogen-bond donors (Lipinski definition) is 0. The highest BCUT2D eigenvalue weighted by Crippen LogP contribution is 2.22. The summed E-state index contributed by atoms with van der Waals surface area (Å²) in [5.41, 5.74) is 2.41. The number of rotatable bonds is 6. The van der Waals surface area contributed by atoms with Crippen molar-refractivity contribution in [3.63, 3.8) is 0 Å². The maximum atomic E-state index is 4.12. The summed E-state index contributed by atoms with van der Waals surface area (Å²) in [5, 5.41) is 11.9. The van der Waals surface area contributed by atoms with Gasteiger partial charge in [0.1, 0.15) is 0 Å². The van der Waals surface area contributed by atoms with Gasteiger partial charge < -0.3 is 4.57 Å². The van der Waals surface area contributed by atoms with Crippen LogP contribution in [-0.2, 0) is 13.1 Å². The molecule has 0 radical (unpaired) electrons. The molecule has 3 rings (SSSR count). The van der Waals surface area contributed by atoms with Gasteiger partial charge in [-0.1, -0.05) is 18.9 Å². The van der Waals surface area contributed by atoms with Crippen molar-refractivity contribution in [2.45, 2.75) is 39.8 Å². The second-order valence-corrected chi connectivity index (χ2v) is 5.10. The first kappa shape index (κ1) is 13.6. The molecule has 0 fully saturated rings. The minimum Gasteiger partial charge on any atom is -0.347 e. The van der Waals surface area contributed by atoms with Crippen LogP contribution < -0.4 is 0 Å². The van der Waals surface area contributed by atoms with E-state index in [2.05, 4.69) is 64.5 Å². The average Bonchev–Trinajstić information content (AvgIpc) is 3.17. The molecule has 0 aliphatic heterocycles. The molecule has 0 atom stereocenters. The molecule has 110 valence electrons. The Morgan fingerprint density at radius 1 is 1.05 bits per heavy atom. The lowest BCUT2D eigenvalue weighted by Gasteiger charge is -2.06. The summed E-state index contributed by atoms with van der Waals surface area (Å²) >= 11 is 0. The highest BCUT2D eigenvalue weighted by molar-refractivity contribution is 5.60. The monoisotopic (exact) mass is 284 g/mol. The molecule has 0 unspecified atom stereocenters. The van der Waals surface area contributed by atoms with Crippen molar-refractivity contribution in [3.8, 4) is 17.2 Å². The van der Waals surface area contributed by atoms with Crippen molar-refractivity contribution in [3.05, 3.63) is 36.8 Å². The van der Waals surface area contributed by atoms with E-state index in [9.17, 15) is 0 Å². The van der Waals surface area contributed by atoms with Gasteiger partial charge in [-0.05, 0) is 41.5 Å². The van der Waals surface area contributed by atoms with E-state index in [1.165, 1.54) is 11.3 Å². The predicted octanol–water partition coefficient (Wildman–Crippen LogP) is 2.75. The topological polar surface area (TPSA) is 53.5 Å². The Morgan fingerprint density at radius 2 is 1.90 bits per heavy atom. The summed E-state index contributed by atoms with van der Waals surface area (Å²) in [5.74, 6) is 0.761. The predicted molar refractivity (Wildman–Crippen MR) is 81.2 cm³/mol. The third-order valence-electron chi connectivity index (χ3n) is 3.46. The molecular weight excluding hydrogens is 264 g/mol. The molecule has 0 aliphatic rings. The Bertz CT molecular complexity index is 646. The van der Waals surface area contributed by atoms with E-state index in [0.717, 1.165) is 31.9 Å². The average molecular weight is 284 g/mol. The fraction of sp³-hybridized carbons (Fsp3) is 0.400. The standard InChI is InChI=1S/C15H20N6/c1-3-8-19-10-5-6-14(19)13-7-11-20(12-13)15-16-17-18-21(15)9-4-2/h5-7,10-12H,3-4,8-9H2,1-2H3. The quantitative estimate of drug-likeness (QED) is 0.699. The van der Waals surface area contributed by atoms with Crippen LogP contribution in [0.1, 0.15) is 26.7 Å². The summed E-state index contributed by atoms with van der Waals surface area (Å²) in [7, 11) is 0. The van der Waals surface area contributed by atoms with E-state index < -0.39 is 0 Å². The number of aromatic nitrogens is 6. The number of hydrogen-bond acceptors (Lipinski definition) is 3. The summed E-state index contributed by atoms with van der Waals surface area (Å²) in [6.45, 7) is 6.15. The molecule has 3 aromatic rings. The van der Waals surface area contributed by atoms with Gasteiger partial charge in [-0.2, -0.15) is 0 Å². The highest BCUT2D eigenvalue weighted by atomic mass is 15.6. The van der Waals surface area contributed by atoms with Gasteiger partial charge in [0.05, 0.1) is 0 Å². The zero-order valence-corrected chi connectivity index (χ0v) is 12.5. The van der Waals surface area contributed by atoms with Crippen LogP contribution in [0.5, 0.6) is 0 Å².